The standard InChI is InChI=1S/C21H30N2O3/c1-15(2)22-20(25)18-13-23(14-21(18)8-10-26-11-9-21)19(24)12-17-6-4-16(3)5-7-17/h4-7,15,18H,8-14H2,1-3H3,(H,22,25). The van der Waals surface area contributed by atoms with Gasteiger partial charge in [0.25, 0.3) is 0 Å². The van der Waals surface area contributed by atoms with Crippen LogP contribution in [0, 0.1) is 18.3 Å². The van der Waals surface area contributed by atoms with Crippen LogP contribution < -0.4 is 5.32 Å². The van der Waals surface area contributed by atoms with Gasteiger partial charge in [0, 0.05) is 37.8 Å². The van der Waals surface area contributed by atoms with E-state index in [0.717, 1.165) is 18.4 Å². The number of rotatable bonds is 4. The molecule has 1 atom stereocenters. The normalized spacial score (nSPS) is 22.0. The maximum Gasteiger partial charge on any atom is 0.227 e. The first kappa shape index (κ1) is 18.9. The Morgan fingerprint density at radius 1 is 1.23 bits per heavy atom. The fourth-order valence-corrected chi connectivity index (χ4v) is 4.18. The number of likely N-dealkylation sites (tertiary alicyclic amines) is 1. The van der Waals surface area contributed by atoms with E-state index in [1.165, 1.54) is 5.56 Å². The lowest BCUT2D eigenvalue weighted by Gasteiger charge is -2.37. The second kappa shape index (κ2) is 7.78. The molecule has 2 aliphatic rings. The van der Waals surface area contributed by atoms with E-state index in [-0.39, 0.29) is 29.2 Å². The molecule has 2 aliphatic heterocycles. The van der Waals surface area contributed by atoms with E-state index in [2.05, 4.69) is 5.32 Å². The molecule has 1 aromatic rings. The first-order valence-electron chi connectivity index (χ1n) is 9.61. The summed E-state index contributed by atoms with van der Waals surface area (Å²) in [7, 11) is 0. The predicted molar refractivity (Wildman–Crippen MR) is 101 cm³/mol. The van der Waals surface area contributed by atoms with Gasteiger partial charge < -0.3 is 15.0 Å². The smallest absolute Gasteiger partial charge is 0.227 e. The lowest BCUT2D eigenvalue weighted by Crippen LogP contribution is -2.46. The topological polar surface area (TPSA) is 58.6 Å². The Morgan fingerprint density at radius 2 is 1.88 bits per heavy atom. The molecule has 0 saturated carbocycles. The van der Waals surface area contributed by atoms with E-state index in [1.54, 1.807) is 0 Å². The summed E-state index contributed by atoms with van der Waals surface area (Å²) >= 11 is 0. The first-order valence-corrected chi connectivity index (χ1v) is 9.61. The molecular weight excluding hydrogens is 328 g/mol. The molecule has 5 heteroatoms. The minimum absolute atomic E-state index is 0.0764. The van der Waals surface area contributed by atoms with Crippen LogP contribution in [0.5, 0.6) is 0 Å². The van der Waals surface area contributed by atoms with Crippen LogP contribution in [0.1, 0.15) is 37.8 Å². The van der Waals surface area contributed by atoms with Crippen LogP contribution >= 0.6 is 0 Å². The van der Waals surface area contributed by atoms with E-state index in [9.17, 15) is 9.59 Å². The number of hydrogen-bond acceptors (Lipinski definition) is 3. The molecule has 0 aliphatic carbocycles. The van der Waals surface area contributed by atoms with Crippen LogP contribution in [0.2, 0.25) is 0 Å². The van der Waals surface area contributed by atoms with Crippen molar-refractivity contribution in [3.63, 3.8) is 0 Å². The average Bonchev–Trinajstić information content (AvgIpc) is 2.96. The third-order valence-electron chi connectivity index (χ3n) is 5.71. The minimum Gasteiger partial charge on any atom is -0.381 e. The highest BCUT2D eigenvalue weighted by molar-refractivity contribution is 5.84. The van der Waals surface area contributed by atoms with Gasteiger partial charge in [0.15, 0.2) is 0 Å². The molecule has 0 bridgehead atoms. The first-order chi connectivity index (χ1) is 12.4. The molecule has 5 nitrogen and oxygen atoms in total. The van der Waals surface area contributed by atoms with Crippen molar-refractivity contribution in [3.05, 3.63) is 35.4 Å². The van der Waals surface area contributed by atoms with Gasteiger partial charge in [-0.15, -0.1) is 0 Å². The molecule has 1 unspecified atom stereocenters. The largest absolute Gasteiger partial charge is 0.381 e. The summed E-state index contributed by atoms with van der Waals surface area (Å²) in [5.74, 6) is 0.0443. The molecule has 2 amide bonds. The Balaban J connectivity index is 1.73. The van der Waals surface area contributed by atoms with Crippen LogP contribution in [0.15, 0.2) is 24.3 Å². The Bertz CT molecular complexity index is 648. The predicted octanol–water partition coefficient (Wildman–Crippen LogP) is 2.32. The molecule has 1 spiro atoms. The molecule has 2 saturated heterocycles. The zero-order chi connectivity index (χ0) is 18.7. The molecule has 2 fully saturated rings. The van der Waals surface area contributed by atoms with Crippen LogP contribution in [0.4, 0.5) is 0 Å². The summed E-state index contributed by atoms with van der Waals surface area (Å²) in [5.41, 5.74) is 2.07. The molecule has 0 radical (unpaired) electrons. The van der Waals surface area contributed by atoms with Gasteiger partial charge in [-0.2, -0.15) is 0 Å². The van der Waals surface area contributed by atoms with Crippen LogP contribution in [-0.4, -0.2) is 49.1 Å². The zero-order valence-electron chi connectivity index (χ0n) is 16.1. The Morgan fingerprint density at radius 3 is 2.50 bits per heavy atom. The van der Waals surface area contributed by atoms with Gasteiger partial charge in [0.2, 0.25) is 11.8 Å². The SMILES string of the molecule is Cc1ccc(CC(=O)N2CC(C(=O)NC(C)C)C3(CCOCC3)C2)cc1. The molecule has 0 aromatic heterocycles. The van der Waals surface area contributed by atoms with Gasteiger partial charge in [0.05, 0.1) is 12.3 Å². The molecule has 1 N–H and O–H groups in total. The minimum atomic E-state index is -0.143. The number of nitrogens with one attached hydrogen (secondary N) is 1. The Hall–Kier alpha value is -1.88. The second-order valence-electron chi connectivity index (χ2n) is 8.13. The molecular formula is C21H30N2O3. The lowest BCUT2D eigenvalue weighted by atomic mass is 9.71. The van der Waals surface area contributed by atoms with Crippen molar-refractivity contribution in [2.45, 2.75) is 46.1 Å². The molecule has 2 heterocycles. The molecule has 1 aromatic carbocycles. The number of carbonyl (C=O) groups is 2. The molecule has 3 rings (SSSR count). The van der Waals surface area contributed by atoms with Gasteiger partial charge in [0.1, 0.15) is 0 Å². The molecule has 26 heavy (non-hydrogen) atoms. The maximum absolute atomic E-state index is 12.9. The monoisotopic (exact) mass is 358 g/mol. The Labute approximate surface area is 156 Å². The third-order valence-corrected chi connectivity index (χ3v) is 5.71. The number of hydrogen-bond donors (Lipinski definition) is 1. The highest BCUT2D eigenvalue weighted by atomic mass is 16.5. The van der Waals surface area contributed by atoms with E-state index < -0.39 is 0 Å². The van der Waals surface area contributed by atoms with Crippen LogP contribution in [0.25, 0.3) is 0 Å². The van der Waals surface area contributed by atoms with E-state index >= 15 is 0 Å². The van der Waals surface area contributed by atoms with Gasteiger partial charge >= 0.3 is 0 Å². The number of benzene rings is 1. The number of amides is 2. The van der Waals surface area contributed by atoms with Gasteiger partial charge in [-0.3, -0.25) is 9.59 Å². The van der Waals surface area contributed by atoms with Crippen molar-refractivity contribution in [2.24, 2.45) is 11.3 Å². The van der Waals surface area contributed by atoms with E-state index in [0.29, 0.717) is 32.7 Å². The van der Waals surface area contributed by atoms with Gasteiger partial charge in [-0.05, 0) is 39.2 Å². The number of carbonyl (C=O) groups excluding carboxylic acids is 2. The fourth-order valence-electron chi connectivity index (χ4n) is 4.18. The summed E-state index contributed by atoms with van der Waals surface area (Å²) in [6.45, 7) is 8.52. The number of aryl methyl sites for hydroxylation is 1. The van der Waals surface area contributed by atoms with Crippen molar-refractivity contribution in [1.29, 1.82) is 0 Å². The lowest BCUT2D eigenvalue weighted by molar-refractivity contribution is -0.130. The van der Waals surface area contributed by atoms with Crippen molar-refractivity contribution < 1.29 is 14.3 Å². The highest BCUT2D eigenvalue weighted by Gasteiger charge is 2.51. The fraction of sp³-hybridized carbons (Fsp3) is 0.619. The summed E-state index contributed by atoms with van der Waals surface area (Å²) < 4.78 is 5.53. The quantitative estimate of drug-likeness (QED) is 0.899. The van der Waals surface area contributed by atoms with Crippen molar-refractivity contribution in [2.75, 3.05) is 26.3 Å². The summed E-state index contributed by atoms with van der Waals surface area (Å²) in [5, 5.41) is 3.05. The number of ether oxygens (including phenoxy) is 1. The van der Waals surface area contributed by atoms with E-state index in [4.69, 9.17) is 4.74 Å². The third kappa shape index (κ3) is 4.09. The van der Waals surface area contributed by atoms with Gasteiger partial charge in [-0.1, -0.05) is 29.8 Å². The second-order valence-corrected chi connectivity index (χ2v) is 8.13. The summed E-state index contributed by atoms with van der Waals surface area (Å²) in [6, 6.07) is 8.20. The van der Waals surface area contributed by atoms with Crippen LogP contribution in [0.3, 0.4) is 0 Å². The summed E-state index contributed by atoms with van der Waals surface area (Å²) in [6.07, 6.45) is 2.08. The summed E-state index contributed by atoms with van der Waals surface area (Å²) in [4.78, 5) is 27.6. The maximum atomic E-state index is 12.9. The average molecular weight is 358 g/mol. The highest BCUT2D eigenvalue weighted by Crippen LogP contribution is 2.44. The van der Waals surface area contributed by atoms with Gasteiger partial charge in [-0.25, -0.2) is 0 Å². The van der Waals surface area contributed by atoms with E-state index in [1.807, 2.05) is 49.9 Å². The van der Waals surface area contributed by atoms with Crippen molar-refractivity contribution in [3.8, 4) is 0 Å². The zero-order valence-corrected chi connectivity index (χ0v) is 16.1. The van der Waals surface area contributed by atoms with Crippen molar-refractivity contribution in [1.82, 2.24) is 10.2 Å². The van der Waals surface area contributed by atoms with Crippen LogP contribution in [-0.2, 0) is 20.7 Å². The van der Waals surface area contributed by atoms with Crippen molar-refractivity contribution >= 4 is 11.8 Å². The Kier molecular flexibility index (Phi) is 5.66. The molecule has 142 valence electrons. The number of nitrogens with zero attached hydrogens (tertiary/aromatic N) is 1.